The molecular weight excluding hydrogens is 369 g/mol. The number of aryl methyl sites for hydroxylation is 2. The first-order valence-corrected chi connectivity index (χ1v) is 9.23. The maximum Gasteiger partial charge on any atom is 0.469 e. The van der Waals surface area contributed by atoms with E-state index in [2.05, 4.69) is 19.8 Å². The second kappa shape index (κ2) is 6.89. The summed E-state index contributed by atoms with van der Waals surface area (Å²) in [5.74, 6) is 0. The Morgan fingerprint density at radius 1 is 1.42 bits per heavy atom. The molecule has 0 bridgehead atoms. The van der Waals surface area contributed by atoms with Crippen molar-refractivity contribution < 1.29 is 23.6 Å². The molecule has 0 amide bonds. The van der Waals surface area contributed by atoms with Crippen LogP contribution in [0.2, 0.25) is 0 Å². The maximum absolute atomic E-state index is 12.1. The second-order valence-corrected chi connectivity index (χ2v) is 7.26. The standard InChI is InChI=1S/C13H18N5O7P/c1-7-5-17(13(20)15-12(7)19)11-3-9(18-8(2)4-14-16-18)10(25-11)6-24-26(21,22)23/h4-5,9-11H,3,6H2,1-2H3,(H,15,19,20)(H2,21,22,23)/t9-,10+,11+/m0/s1. The Balaban J connectivity index is 1.92. The van der Waals surface area contributed by atoms with Crippen LogP contribution in [0.25, 0.3) is 0 Å². The van der Waals surface area contributed by atoms with Crippen LogP contribution in [0.5, 0.6) is 0 Å². The van der Waals surface area contributed by atoms with E-state index in [1.54, 1.807) is 18.5 Å². The predicted molar refractivity (Wildman–Crippen MR) is 86.4 cm³/mol. The van der Waals surface area contributed by atoms with Crippen molar-refractivity contribution >= 4 is 7.82 Å². The number of aromatic amines is 1. The smallest absolute Gasteiger partial charge is 0.350 e. The van der Waals surface area contributed by atoms with Gasteiger partial charge in [-0.05, 0) is 13.8 Å². The van der Waals surface area contributed by atoms with E-state index in [0.29, 0.717) is 11.3 Å². The molecule has 2 aromatic rings. The van der Waals surface area contributed by atoms with Gasteiger partial charge >= 0.3 is 13.5 Å². The third kappa shape index (κ3) is 3.84. The van der Waals surface area contributed by atoms with Gasteiger partial charge in [-0.1, -0.05) is 5.21 Å². The van der Waals surface area contributed by atoms with E-state index in [9.17, 15) is 14.2 Å². The summed E-state index contributed by atoms with van der Waals surface area (Å²) in [4.78, 5) is 43.7. The Bertz CT molecular complexity index is 960. The van der Waals surface area contributed by atoms with E-state index in [0.717, 1.165) is 0 Å². The third-order valence-electron chi connectivity index (χ3n) is 4.14. The summed E-state index contributed by atoms with van der Waals surface area (Å²) < 4.78 is 24.2. The summed E-state index contributed by atoms with van der Waals surface area (Å²) in [6.45, 7) is 2.92. The zero-order valence-electron chi connectivity index (χ0n) is 14.0. The van der Waals surface area contributed by atoms with Gasteiger partial charge in [0.15, 0.2) is 0 Å². The number of nitrogens with one attached hydrogen (secondary N) is 1. The topological polar surface area (TPSA) is 162 Å². The lowest BCUT2D eigenvalue weighted by Gasteiger charge is -2.19. The van der Waals surface area contributed by atoms with Gasteiger partial charge in [0.05, 0.1) is 24.5 Å². The molecule has 142 valence electrons. The summed E-state index contributed by atoms with van der Waals surface area (Å²) in [6, 6.07) is -0.465. The highest BCUT2D eigenvalue weighted by molar-refractivity contribution is 7.46. The summed E-state index contributed by atoms with van der Waals surface area (Å²) in [6.07, 6.45) is 1.63. The van der Waals surface area contributed by atoms with Gasteiger partial charge in [-0.2, -0.15) is 0 Å². The van der Waals surface area contributed by atoms with Crippen LogP contribution in [-0.4, -0.2) is 47.0 Å². The normalized spacial score (nSPS) is 23.5. The summed E-state index contributed by atoms with van der Waals surface area (Å²) in [5, 5.41) is 7.76. The number of aromatic nitrogens is 5. The number of phosphoric ester groups is 1. The van der Waals surface area contributed by atoms with Crippen LogP contribution in [0.4, 0.5) is 0 Å². The SMILES string of the molecule is Cc1cn([C@H]2C[C@H](n3nncc3C)[C@@H](COP(=O)(O)O)O2)c(=O)[nH]c1=O. The number of H-pyrrole nitrogens is 1. The molecule has 0 spiro atoms. The van der Waals surface area contributed by atoms with Crippen molar-refractivity contribution in [2.75, 3.05) is 6.61 Å². The molecule has 1 fully saturated rings. The number of rotatable bonds is 5. The molecule has 1 aliphatic rings. The monoisotopic (exact) mass is 387 g/mol. The predicted octanol–water partition coefficient (Wildman–Crippen LogP) is -0.617. The van der Waals surface area contributed by atoms with Gasteiger partial charge in [-0.15, -0.1) is 5.10 Å². The number of ether oxygens (including phenoxy) is 1. The minimum absolute atomic E-state index is 0.269. The lowest BCUT2D eigenvalue weighted by Crippen LogP contribution is -2.33. The highest BCUT2D eigenvalue weighted by atomic mass is 31.2. The molecule has 12 nitrogen and oxygen atoms in total. The highest BCUT2D eigenvalue weighted by Gasteiger charge is 2.40. The molecule has 0 aliphatic carbocycles. The van der Waals surface area contributed by atoms with Gasteiger partial charge in [-0.3, -0.25) is 18.9 Å². The van der Waals surface area contributed by atoms with Crippen LogP contribution in [-0.2, 0) is 13.8 Å². The average Bonchev–Trinajstić information content (AvgIpc) is 3.14. The average molecular weight is 387 g/mol. The number of hydrogen-bond donors (Lipinski definition) is 3. The van der Waals surface area contributed by atoms with E-state index in [-0.39, 0.29) is 6.42 Å². The number of nitrogens with zero attached hydrogens (tertiary/aromatic N) is 4. The Labute approximate surface area is 146 Å². The van der Waals surface area contributed by atoms with Gasteiger partial charge in [0.25, 0.3) is 5.56 Å². The molecule has 1 aliphatic heterocycles. The maximum atomic E-state index is 12.1. The molecule has 3 rings (SSSR count). The molecule has 13 heteroatoms. The molecule has 0 aromatic carbocycles. The molecular formula is C13H18N5O7P. The Hall–Kier alpha value is -2.11. The van der Waals surface area contributed by atoms with Gasteiger partial charge in [0.2, 0.25) is 0 Å². The molecule has 3 N–H and O–H groups in total. The third-order valence-corrected chi connectivity index (χ3v) is 4.62. The van der Waals surface area contributed by atoms with Crippen LogP contribution in [0.15, 0.2) is 22.0 Å². The summed E-state index contributed by atoms with van der Waals surface area (Å²) in [5.41, 5.74) is -0.0902. The van der Waals surface area contributed by atoms with Crippen molar-refractivity contribution in [1.29, 1.82) is 0 Å². The zero-order chi connectivity index (χ0) is 19.1. The second-order valence-electron chi connectivity index (χ2n) is 6.02. The zero-order valence-corrected chi connectivity index (χ0v) is 14.9. The fourth-order valence-corrected chi connectivity index (χ4v) is 3.23. The lowest BCUT2D eigenvalue weighted by molar-refractivity contribution is -0.0320. The molecule has 0 radical (unpaired) electrons. The van der Waals surface area contributed by atoms with Crippen molar-refractivity contribution in [3.63, 3.8) is 0 Å². The van der Waals surface area contributed by atoms with Crippen molar-refractivity contribution in [2.24, 2.45) is 0 Å². The van der Waals surface area contributed by atoms with Gasteiger partial charge in [0.1, 0.15) is 12.3 Å². The van der Waals surface area contributed by atoms with E-state index in [1.165, 1.54) is 17.0 Å². The quantitative estimate of drug-likeness (QED) is 0.568. The highest BCUT2D eigenvalue weighted by Crippen LogP contribution is 2.41. The van der Waals surface area contributed by atoms with Crippen molar-refractivity contribution in [3.8, 4) is 0 Å². The first-order chi connectivity index (χ1) is 12.2. The summed E-state index contributed by atoms with van der Waals surface area (Å²) >= 11 is 0. The van der Waals surface area contributed by atoms with Crippen molar-refractivity contribution in [1.82, 2.24) is 24.5 Å². The number of phosphoric acid groups is 1. The largest absolute Gasteiger partial charge is 0.469 e. The molecule has 26 heavy (non-hydrogen) atoms. The molecule has 0 unspecified atom stereocenters. The molecule has 3 heterocycles. The first kappa shape index (κ1) is 18.7. The van der Waals surface area contributed by atoms with E-state index >= 15 is 0 Å². The lowest BCUT2D eigenvalue weighted by atomic mass is 10.1. The minimum Gasteiger partial charge on any atom is -0.350 e. The van der Waals surface area contributed by atoms with E-state index in [4.69, 9.17) is 14.5 Å². The van der Waals surface area contributed by atoms with Crippen LogP contribution >= 0.6 is 7.82 Å². The molecule has 0 saturated carbocycles. The molecule has 2 aromatic heterocycles. The van der Waals surface area contributed by atoms with Crippen LogP contribution in [0.3, 0.4) is 0 Å². The van der Waals surface area contributed by atoms with E-state index in [1.807, 2.05) is 0 Å². The van der Waals surface area contributed by atoms with Crippen LogP contribution in [0, 0.1) is 13.8 Å². The van der Waals surface area contributed by atoms with Crippen molar-refractivity contribution in [3.05, 3.63) is 44.5 Å². The summed E-state index contributed by atoms with van der Waals surface area (Å²) in [7, 11) is -4.69. The van der Waals surface area contributed by atoms with Crippen LogP contribution < -0.4 is 11.2 Å². The van der Waals surface area contributed by atoms with Gasteiger partial charge in [0, 0.05) is 18.2 Å². The Kier molecular flexibility index (Phi) is 4.95. The fraction of sp³-hybridized carbons (Fsp3) is 0.538. The van der Waals surface area contributed by atoms with Crippen molar-refractivity contribution in [2.45, 2.75) is 38.6 Å². The Morgan fingerprint density at radius 2 is 2.15 bits per heavy atom. The van der Waals surface area contributed by atoms with Crippen LogP contribution in [0.1, 0.15) is 29.9 Å². The molecule has 1 saturated heterocycles. The first-order valence-electron chi connectivity index (χ1n) is 7.70. The Morgan fingerprint density at radius 3 is 2.77 bits per heavy atom. The van der Waals surface area contributed by atoms with Gasteiger partial charge < -0.3 is 14.5 Å². The van der Waals surface area contributed by atoms with E-state index < -0.39 is 44.1 Å². The molecule has 3 atom stereocenters. The number of hydrogen-bond acceptors (Lipinski definition) is 7. The minimum atomic E-state index is -4.69. The fourth-order valence-electron chi connectivity index (χ4n) is 2.89. The van der Waals surface area contributed by atoms with Gasteiger partial charge in [-0.25, -0.2) is 14.0 Å².